The van der Waals surface area contributed by atoms with E-state index in [4.69, 9.17) is 9.84 Å². The molecule has 1 N–H and O–H groups in total. The van der Waals surface area contributed by atoms with Crippen LogP contribution < -0.4 is 9.80 Å². The van der Waals surface area contributed by atoms with Crippen molar-refractivity contribution in [1.82, 2.24) is 9.97 Å². The van der Waals surface area contributed by atoms with Crippen molar-refractivity contribution in [2.45, 2.75) is 12.5 Å². The lowest BCUT2D eigenvalue weighted by Gasteiger charge is -2.33. The van der Waals surface area contributed by atoms with Gasteiger partial charge >= 0.3 is 5.97 Å². The fraction of sp³-hybridized carbons (Fsp3) is 0.583. The Balaban J connectivity index is 2.08. The highest BCUT2D eigenvalue weighted by Crippen LogP contribution is 2.18. The second-order valence-electron chi connectivity index (χ2n) is 4.65. The van der Waals surface area contributed by atoms with Crippen LogP contribution in [0.4, 0.5) is 11.8 Å². The van der Waals surface area contributed by atoms with Crippen molar-refractivity contribution in [1.29, 1.82) is 0 Å². The molecule has 19 heavy (non-hydrogen) atoms. The molecule has 7 heteroatoms. The Morgan fingerprint density at radius 2 is 2.42 bits per heavy atom. The van der Waals surface area contributed by atoms with Crippen LogP contribution in [0.25, 0.3) is 0 Å². The molecule has 0 amide bonds. The van der Waals surface area contributed by atoms with E-state index >= 15 is 0 Å². The molecular formula is C12H18N4O3. The average molecular weight is 266 g/mol. The van der Waals surface area contributed by atoms with E-state index in [9.17, 15) is 4.79 Å². The minimum absolute atomic E-state index is 0.0160. The van der Waals surface area contributed by atoms with E-state index in [2.05, 4.69) is 9.97 Å². The van der Waals surface area contributed by atoms with E-state index in [1.807, 2.05) is 30.0 Å². The van der Waals surface area contributed by atoms with Crippen molar-refractivity contribution in [3.05, 3.63) is 12.3 Å². The summed E-state index contributed by atoms with van der Waals surface area (Å²) in [5, 5.41) is 8.81. The molecule has 1 aromatic heterocycles. The molecule has 2 rings (SSSR count). The number of morpholine rings is 1. The first kappa shape index (κ1) is 13.5. The maximum atomic E-state index is 10.7. The van der Waals surface area contributed by atoms with Gasteiger partial charge in [0.05, 0.1) is 19.1 Å². The Morgan fingerprint density at radius 1 is 1.63 bits per heavy atom. The summed E-state index contributed by atoms with van der Waals surface area (Å²) in [6.07, 6.45) is 1.44. The van der Waals surface area contributed by atoms with E-state index < -0.39 is 5.97 Å². The van der Waals surface area contributed by atoms with Crippen molar-refractivity contribution in [3.8, 4) is 0 Å². The smallest absolute Gasteiger partial charge is 0.306 e. The third kappa shape index (κ3) is 3.54. The van der Waals surface area contributed by atoms with Crippen molar-refractivity contribution in [2.24, 2.45) is 0 Å². The average Bonchev–Trinajstić information content (AvgIpc) is 2.38. The Kier molecular flexibility index (Phi) is 4.16. The second kappa shape index (κ2) is 5.83. The van der Waals surface area contributed by atoms with Gasteiger partial charge in [0.1, 0.15) is 5.82 Å². The Labute approximate surface area is 111 Å². The normalized spacial score (nSPS) is 19.3. The van der Waals surface area contributed by atoms with Gasteiger partial charge in [0.15, 0.2) is 0 Å². The molecule has 2 heterocycles. The number of carboxylic acid groups (broad SMARTS) is 1. The van der Waals surface area contributed by atoms with Crippen LogP contribution in [0.5, 0.6) is 0 Å². The lowest BCUT2D eigenvalue weighted by Crippen LogP contribution is -2.43. The molecule has 1 atom stereocenters. The van der Waals surface area contributed by atoms with Crippen molar-refractivity contribution in [3.63, 3.8) is 0 Å². The van der Waals surface area contributed by atoms with Gasteiger partial charge in [-0.1, -0.05) is 0 Å². The SMILES string of the molecule is CN(C)c1nccc(N2CCOC(CC(=O)O)C2)n1. The van der Waals surface area contributed by atoms with Gasteiger partial charge in [-0.2, -0.15) is 4.98 Å². The van der Waals surface area contributed by atoms with Gasteiger partial charge in [0.2, 0.25) is 5.95 Å². The number of anilines is 2. The Hall–Kier alpha value is -1.89. The zero-order valence-corrected chi connectivity index (χ0v) is 11.1. The van der Waals surface area contributed by atoms with Gasteiger partial charge < -0.3 is 19.6 Å². The third-order valence-electron chi connectivity index (χ3n) is 2.89. The van der Waals surface area contributed by atoms with E-state index in [0.717, 1.165) is 5.82 Å². The van der Waals surface area contributed by atoms with Gasteiger partial charge in [0, 0.05) is 33.4 Å². The van der Waals surface area contributed by atoms with Crippen LogP contribution in [0.1, 0.15) is 6.42 Å². The molecule has 0 aromatic carbocycles. The first-order valence-corrected chi connectivity index (χ1v) is 6.15. The van der Waals surface area contributed by atoms with Crippen molar-refractivity contribution >= 4 is 17.7 Å². The lowest BCUT2D eigenvalue weighted by molar-refractivity contribution is -0.140. The number of carbonyl (C=O) groups is 1. The molecule has 0 bridgehead atoms. The zero-order chi connectivity index (χ0) is 13.8. The molecule has 0 spiro atoms. The van der Waals surface area contributed by atoms with E-state index in [1.54, 1.807) is 6.20 Å². The molecule has 0 radical (unpaired) electrons. The Morgan fingerprint density at radius 3 is 3.11 bits per heavy atom. The van der Waals surface area contributed by atoms with Crippen molar-refractivity contribution < 1.29 is 14.6 Å². The van der Waals surface area contributed by atoms with Crippen molar-refractivity contribution in [2.75, 3.05) is 43.6 Å². The van der Waals surface area contributed by atoms with Gasteiger partial charge in [-0.15, -0.1) is 0 Å². The fourth-order valence-corrected chi connectivity index (χ4v) is 1.98. The van der Waals surface area contributed by atoms with Gasteiger partial charge in [0.25, 0.3) is 0 Å². The van der Waals surface area contributed by atoms with Crippen LogP contribution in [0.2, 0.25) is 0 Å². The van der Waals surface area contributed by atoms with Crippen LogP contribution in [0.15, 0.2) is 12.3 Å². The number of nitrogens with zero attached hydrogens (tertiary/aromatic N) is 4. The fourth-order valence-electron chi connectivity index (χ4n) is 1.98. The number of aliphatic carboxylic acids is 1. The molecule has 1 aliphatic rings. The molecule has 1 aliphatic heterocycles. The third-order valence-corrected chi connectivity index (χ3v) is 2.89. The molecule has 1 aromatic rings. The summed E-state index contributed by atoms with van der Waals surface area (Å²) in [6.45, 7) is 1.76. The summed E-state index contributed by atoms with van der Waals surface area (Å²) in [7, 11) is 3.76. The summed E-state index contributed by atoms with van der Waals surface area (Å²) in [5.41, 5.74) is 0. The minimum Gasteiger partial charge on any atom is -0.481 e. The molecule has 1 fully saturated rings. The number of rotatable bonds is 4. The highest BCUT2D eigenvalue weighted by molar-refractivity contribution is 5.67. The van der Waals surface area contributed by atoms with E-state index in [1.165, 1.54) is 0 Å². The number of hydrogen-bond donors (Lipinski definition) is 1. The number of aromatic nitrogens is 2. The standard InChI is InChI=1S/C12H18N4O3/c1-15(2)12-13-4-3-10(14-12)16-5-6-19-9(8-16)7-11(17)18/h3-4,9H,5-8H2,1-2H3,(H,17,18). The molecular weight excluding hydrogens is 248 g/mol. The topological polar surface area (TPSA) is 78.8 Å². The molecule has 0 aliphatic carbocycles. The number of hydrogen-bond acceptors (Lipinski definition) is 6. The summed E-state index contributed by atoms with van der Waals surface area (Å²) >= 11 is 0. The Bertz CT molecular complexity index is 452. The number of ether oxygens (including phenoxy) is 1. The maximum absolute atomic E-state index is 10.7. The second-order valence-corrected chi connectivity index (χ2v) is 4.65. The summed E-state index contributed by atoms with van der Waals surface area (Å²) in [5.74, 6) is 0.597. The highest BCUT2D eigenvalue weighted by Gasteiger charge is 2.23. The molecule has 7 nitrogen and oxygen atoms in total. The lowest BCUT2D eigenvalue weighted by atomic mass is 10.2. The predicted molar refractivity (Wildman–Crippen MR) is 70.6 cm³/mol. The summed E-state index contributed by atoms with van der Waals surface area (Å²) in [4.78, 5) is 23.2. The monoisotopic (exact) mass is 266 g/mol. The molecule has 104 valence electrons. The molecule has 1 unspecified atom stereocenters. The number of carboxylic acids is 1. The van der Waals surface area contributed by atoms with Crippen LogP contribution in [0, 0.1) is 0 Å². The quantitative estimate of drug-likeness (QED) is 0.835. The summed E-state index contributed by atoms with van der Waals surface area (Å²) in [6, 6.07) is 1.83. The van der Waals surface area contributed by atoms with Crippen LogP contribution >= 0.6 is 0 Å². The maximum Gasteiger partial charge on any atom is 0.306 e. The van der Waals surface area contributed by atoms with Crippen LogP contribution in [0.3, 0.4) is 0 Å². The first-order chi connectivity index (χ1) is 9.06. The largest absolute Gasteiger partial charge is 0.481 e. The molecule has 0 saturated carbocycles. The van der Waals surface area contributed by atoms with Gasteiger partial charge in [-0.3, -0.25) is 4.79 Å². The first-order valence-electron chi connectivity index (χ1n) is 6.15. The predicted octanol–water partition coefficient (Wildman–Crippen LogP) is 0.223. The van der Waals surface area contributed by atoms with Crippen LogP contribution in [-0.4, -0.2) is 60.9 Å². The van der Waals surface area contributed by atoms with E-state index in [0.29, 0.717) is 25.6 Å². The van der Waals surface area contributed by atoms with Gasteiger partial charge in [-0.25, -0.2) is 4.98 Å². The zero-order valence-electron chi connectivity index (χ0n) is 11.1. The van der Waals surface area contributed by atoms with Crippen LogP contribution in [-0.2, 0) is 9.53 Å². The summed E-state index contributed by atoms with van der Waals surface area (Å²) < 4.78 is 5.44. The molecule has 1 saturated heterocycles. The highest BCUT2D eigenvalue weighted by atomic mass is 16.5. The minimum atomic E-state index is -0.844. The van der Waals surface area contributed by atoms with E-state index in [-0.39, 0.29) is 12.5 Å². The van der Waals surface area contributed by atoms with Gasteiger partial charge in [-0.05, 0) is 6.07 Å².